The molecule has 4 N–H and O–H groups in total. The molecule has 0 radical (unpaired) electrons. The van der Waals surface area contributed by atoms with Crippen LogP contribution in [0, 0.1) is 4.77 Å². The van der Waals surface area contributed by atoms with Crippen molar-refractivity contribution in [1.82, 2.24) is 14.6 Å². The van der Waals surface area contributed by atoms with Gasteiger partial charge in [0.25, 0.3) is 5.85 Å². The molecule has 0 bridgehead atoms. The van der Waals surface area contributed by atoms with Gasteiger partial charge in [-0.25, -0.2) is 18.3 Å². The van der Waals surface area contributed by atoms with Crippen LogP contribution in [0.4, 0.5) is 14.6 Å². The number of halogens is 2. The lowest BCUT2D eigenvalue weighted by molar-refractivity contribution is -0.203. The molecule has 0 amide bonds. The number of nitrogens with one attached hydrogen (secondary N) is 1. The fourth-order valence-corrected chi connectivity index (χ4v) is 5.24. The van der Waals surface area contributed by atoms with Crippen LogP contribution in [0.25, 0.3) is 0 Å². The average molecular weight is 563 g/mol. The van der Waals surface area contributed by atoms with Crippen LogP contribution in [0.2, 0.25) is 0 Å². The summed E-state index contributed by atoms with van der Waals surface area (Å²) in [6.07, 6.45) is -3.39. The predicted octanol–water partition coefficient (Wildman–Crippen LogP) is 3.61. The highest BCUT2D eigenvalue weighted by Gasteiger charge is 2.65. The molecule has 1 fully saturated rings. The summed E-state index contributed by atoms with van der Waals surface area (Å²) in [6.45, 7) is 4.25. The van der Waals surface area contributed by atoms with Gasteiger partial charge in [0.2, 0.25) is 4.77 Å². The van der Waals surface area contributed by atoms with Gasteiger partial charge in [-0.3, -0.25) is 13.9 Å². The van der Waals surface area contributed by atoms with Crippen molar-refractivity contribution in [2.24, 2.45) is 0 Å². The van der Waals surface area contributed by atoms with Gasteiger partial charge >= 0.3 is 13.7 Å². The van der Waals surface area contributed by atoms with Gasteiger partial charge in [-0.1, -0.05) is 18.2 Å². The van der Waals surface area contributed by atoms with Crippen molar-refractivity contribution in [2.45, 2.75) is 63.7 Å². The molecule has 2 aromatic rings. The van der Waals surface area contributed by atoms with E-state index < -0.39 is 56.3 Å². The SMILES string of the molecule is CC(C)OC(=O)[C@H](C)NP(=O)(OC[C@@]1(F)O[C@@H](n2ccc(N)nc2=S)C(C)(F)[C@H]1O)Oc1ccccc1. The number of aliphatic hydroxyl groups is 1. The van der Waals surface area contributed by atoms with E-state index in [2.05, 4.69) is 10.1 Å². The quantitative estimate of drug-likeness (QED) is 0.222. The van der Waals surface area contributed by atoms with Crippen LogP contribution in [0.3, 0.4) is 0 Å². The van der Waals surface area contributed by atoms with E-state index in [9.17, 15) is 14.5 Å². The number of alkyl halides is 2. The molecule has 1 aromatic heterocycles. The molecule has 1 saturated heterocycles. The third-order valence-electron chi connectivity index (χ3n) is 5.29. The summed E-state index contributed by atoms with van der Waals surface area (Å²) in [6, 6.07) is 7.82. The van der Waals surface area contributed by atoms with Gasteiger partial charge in [-0.05, 0) is 58.1 Å². The van der Waals surface area contributed by atoms with Gasteiger partial charge < -0.3 is 24.8 Å². The van der Waals surface area contributed by atoms with Crippen molar-refractivity contribution in [3.05, 3.63) is 47.4 Å². The van der Waals surface area contributed by atoms with Crippen LogP contribution in [-0.2, 0) is 23.4 Å². The van der Waals surface area contributed by atoms with E-state index in [1.807, 2.05) is 0 Å². The number of nitrogen functional groups attached to an aromatic ring is 1. The lowest BCUT2D eigenvalue weighted by Crippen LogP contribution is -2.47. The maximum atomic E-state index is 15.9. The number of hydrogen-bond acceptors (Lipinski definition) is 10. The minimum absolute atomic E-state index is 0.0467. The molecule has 1 aliphatic rings. The normalized spacial score (nSPS) is 28.0. The fourth-order valence-electron chi connectivity index (χ4n) is 3.48. The second-order valence-electron chi connectivity index (χ2n) is 8.86. The van der Waals surface area contributed by atoms with Crippen LogP contribution >= 0.6 is 20.0 Å². The second-order valence-corrected chi connectivity index (χ2v) is 10.9. The first kappa shape index (κ1) is 29.1. The number of carbonyl (C=O) groups is 1. The number of benzene rings is 1. The topological polar surface area (TPSA) is 147 Å². The first-order valence-electron chi connectivity index (χ1n) is 11.2. The molecule has 1 aromatic carbocycles. The lowest BCUT2D eigenvalue weighted by Gasteiger charge is -2.28. The lowest BCUT2D eigenvalue weighted by atomic mass is 9.97. The van der Waals surface area contributed by atoms with Crippen molar-refractivity contribution in [2.75, 3.05) is 12.3 Å². The highest BCUT2D eigenvalue weighted by atomic mass is 32.1. The number of carbonyl (C=O) groups excluding carboxylic acids is 1. The highest BCUT2D eigenvalue weighted by Crippen LogP contribution is 2.51. The van der Waals surface area contributed by atoms with Gasteiger partial charge in [0, 0.05) is 6.20 Å². The number of anilines is 1. The van der Waals surface area contributed by atoms with E-state index in [4.69, 9.17) is 36.5 Å². The van der Waals surface area contributed by atoms with E-state index in [1.54, 1.807) is 32.0 Å². The maximum Gasteiger partial charge on any atom is 0.459 e. The Labute approximate surface area is 217 Å². The van der Waals surface area contributed by atoms with Gasteiger partial charge in [0.15, 0.2) is 18.0 Å². The van der Waals surface area contributed by atoms with Gasteiger partial charge in [-0.15, -0.1) is 0 Å². The van der Waals surface area contributed by atoms with Crippen LogP contribution in [-0.4, -0.2) is 57.0 Å². The van der Waals surface area contributed by atoms with Gasteiger partial charge in [0.05, 0.1) is 6.10 Å². The Morgan fingerprint density at radius 3 is 2.57 bits per heavy atom. The van der Waals surface area contributed by atoms with E-state index in [1.165, 1.54) is 31.3 Å². The monoisotopic (exact) mass is 562 g/mol. The summed E-state index contributed by atoms with van der Waals surface area (Å²) in [7, 11) is -4.53. The molecule has 15 heteroatoms. The molecule has 0 aliphatic carbocycles. The van der Waals surface area contributed by atoms with E-state index in [0.29, 0.717) is 0 Å². The first-order valence-corrected chi connectivity index (χ1v) is 13.2. The Bertz CT molecular complexity index is 1220. The van der Waals surface area contributed by atoms with Gasteiger partial charge in [-0.2, -0.15) is 5.09 Å². The highest BCUT2D eigenvalue weighted by molar-refractivity contribution is 7.71. The van der Waals surface area contributed by atoms with Crippen molar-refractivity contribution in [1.29, 1.82) is 0 Å². The number of ether oxygens (including phenoxy) is 2. The Morgan fingerprint density at radius 1 is 1.32 bits per heavy atom. The molecule has 204 valence electrons. The summed E-state index contributed by atoms with van der Waals surface area (Å²) in [4.78, 5) is 16.1. The van der Waals surface area contributed by atoms with Crippen molar-refractivity contribution in [3.8, 4) is 5.75 Å². The van der Waals surface area contributed by atoms with Crippen LogP contribution < -0.4 is 15.3 Å². The molecule has 11 nitrogen and oxygen atoms in total. The van der Waals surface area contributed by atoms with Crippen LogP contribution in [0.1, 0.15) is 33.9 Å². The average Bonchev–Trinajstić information content (AvgIpc) is 2.98. The summed E-state index contributed by atoms with van der Waals surface area (Å²) >= 11 is 5.06. The zero-order valence-electron chi connectivity index (χ0n) is 20.5. The molecule has 3 rings (SSSR count). The first-order chi connectivity index (χ1) is 17.2. The van der Waals surface area contributed by atoms with E-state index >= 15 is 8.78 Å². The second kappa shape index (κ2) is 11.1. The number of hydrogen-bond donors (Lipinski definition) is 3. The molecule has 0 saturated carbocycles. The van der Waals surface area contributed by atoms with Gasteiger partial charge in [0.1, 0.15) is 24.2 Å². The Morgan fingerprint density at radius 2 is 1.97 bits per heavy atom. The molecule has 1 aliphatic heterocycles. The smallest absolute Gasteiger partial charge is 0.459 e. The number of nitrogens with two attached hydrogens (primary N) is 1. The molecule has 2 unspecified atom stereocenters. The summed E-state index contributed by atoms with van der Waals surface area (Å²) < 4.78 is 66.8. The Balaban J connectivity index is 1.85. The molecule has 0 spiro atoms. The van der Waals surface area contributed by atoms with Crippen LogP contribution in [0.5, 0.6) is 5.75 Å². The number of rotatable bonds is 10. The minimum Gasteiger partial charge on any atom is -0.462 e. The van der Waals surface area contributed by atoms with E-state index in [0.717, 1.165) is 11.5 Å². The van der Waals surface area contributed by atoms with E-state index in [-0.39, 0.29) is 16.3 Å². The number of esters is 1. The minimum atomic E-state index is -4.53. The van der Waals surface area contributed by atoms with Crippen molar-refractivity contribution >= 4 is 31.8 Å². The van der Waals surface area contributed by atoms with Crippen LogP contribution in [0.15, 0.2) is 42.6 Å². The standard InChI is InChI=1S/C22H29F2N4O7PS/c1-13(2)33-17(29)14(3)27-36(31,35-15-8-6-5-7-9-15)32-12-22(24)18(30)21(4,23)19(34-22)28-11-10-16(25)26-20(28)37/h5-11,13-14,18-19,30H,12H2,1-4H3,(H,27,31)(H2,25,26,37)/t14-,18+,19+,21?,22+,36?/m0/s1. The molecular formula is C22H29F2N4O7PS. The Hall–Kier alpha value is -2.48. The number of aromatic nitrogens is 2. The molecule has 2 heterocycles. The summed E-state index contributed by atoms with van der Waals surface area (Å²) in [5.74, 6) is -3.87. The largest absolute Gasteiger partial charge is 0.462 e. The third kappa shape index (κ3) is 6.70. The summed E-state index contributed by atoms with van der Waals surface area (Å²) in [5.41, 5.74) is 2.84. The van der Waals surface area contributed by atoms with Crippen molar-refractivity contribution < 1.29 is 41.8 Å². The number of para-hydroxylation sites is 1. The summed E-state index contributed by atoms with van der Waals surface area (Å²) in [5, 5.41) is 12.9. The maximum absolute atomic E-state index is 15.9. The zero-order chi connectivity index (χ0) is 27.6. The third-order valence-corrected chi connectivity index (χ3v) is 7.22. The zero-order valence-corrected chi connectivity index (χ0v) is 22.2. The predicted molar refractivity (Wildman–Crippen MR) is 131 cm³/mol. The molecule has 37 heavy (non-hydrogen) atoms. The molecular weight excluding hydrogens is 533 g/mol. The fraction of sp³-hybridized carbons (Fsp3) is 0.500. The molecule has 6 atom stereocenters. The number of nitrogens with zero attached hydrogens (tertiary/aromatic N) is 2. The Kier molecular flexibility index (Phi) is 8.72. The van der Waals surface area contributed by atoms with Crippen molar-refractivity contribution in [3.63, 3.8) is 0 Å². The number of aliphatic hydroxyl groups excluding tert-OH is 1.